The summed E-state index contributed by atoms with van der Waals surface area (Å²) in [5, 5.41) is 12.2. The number of H-pyrrole nitrogens is 1. The second-order valence-corrected chi connectivity index (χ2v) is 10.9. The number of nitrogens with one attached hydrogen (secondary N) is 1. The lowest BCUT2D eigenvalue weighted by Gasteiger charge is -2.39. The first-order chi connectivity index (χ1) is 17.5. The molecule has 2 aliphatic rings. The summed E-state index contributed by atoms with van der Waals surface area (Å²) in [5.74, 6) is 0.648. The quantitative estimate of drug-likeness (QED) is 0.390. The van der Waals surface area contributed by atoms with Gasteiger partial charge in [0.2, 0.25) is 0 Å². The number of aromatic nitrogens is 1. The Morgan fingerprint density at radius 3 is 2.50 bits per heavy atom. The fourth-order valence-electron chi connectivity index (χ4n) is 5.65. The van der Waals surface area contributed by atoms with Crippen LogP contribution in [0.15, 0.2) is 48.7 Å². The molecule has 2 aliphatic heterocycles. The van der Waals surface area contributed by atoms with Gasteiger partial charge in [0.15, 0.2) is 0 Å². The Bertz CT molecular complexity index is 1180. The van der Waals surface area contributed by atoms with E-state index in [4.69, 9.17) is 27.9 Å². The number of aromatic amines is 1. The lowest BCUT2D eigenvalue weighted by atomic mass is 9.93. The van der Waals surface area contributed by atoms with Crippen LogP contribution in [0.4, 0.5) is 0 Å². The number of rotatable bonds is 8. The van der Waals surface area contributed by atoms with Gasteiger partial charge in [0, 0.05) is 49.2 Å². The smallest absolute Gasteiger partial charge is 0.321 e. The number of likely N-dealkylation sites (tertiary alicyclic amines) is 2. The molecule has 0 bridgehead atoms. The Balaban J connectivity index is 1.08. The molecule has 36 heavy (non-hydrogen) atoms. The van der Waals surface area contributed by atoms with Crippen LogP contribution in [0, 0.1) is 5.92 Å². The molecular weight excluding hydrogens is 497 g/mol. The van der Waals surface area contributed by atoms with Crippen molar-refractivity contribution < 1.29 is 14.6 Å². The zero-order valence-electron chi connectivity index (χ0n) is 20.3. The maximum Gasteiger partial charge on any atom is 0.321 e. The number of hydrogen-bond donors (Lipinski definition) is 2. The number of halogens is 2. The molecule has 0 saturated carbocycles. The molecule has 2 fully saturated rings. The van der Waals surface area contributed by atoms with E-state index in [1.807, 2.05) is 30.5 Å². The summed E-state index contributed by atoms with van der Waals surface area (Å²) in [4.78, 5) is 20.1. The van der Waals surface area contributed by atoms with E-state index in [-0.39, 0.29) is 6.10 Å². The average molecular weight is 530 g/mol. The monoisotopic (exact) mass is 529 g/mol. The van der Waals surface area contributed by atoms with Crippen LogP contribution in [-0.4, -0.2) is 70.7 Å². The van der Waals surface area contributed by atoms with Gasteiger partial charge in [-0.05, 0) is 68.5 Å². The van der Waals surface area contributed by atoms with Gasteiger partial charge in [-0.1, -0.05) is 41.4 Å². The second-order valence-electron chi connectivity index (χ2n) is 10.1. The van der Waals surface area contributed by atoms with Crippen LogP contribution in [-0.2, 0) is 11.2 Å². The molecule has 0 unspecified atom stereocenters. The summed E-state index contributed by atoms with van der Waals surface area (Å²) in [6.45, 7) is 4.78. The first kappa shape index (κ1) is 25.4. The number of fused-ring (bicyclic) bond motifs is 1. The number of carboxylic acid groups (broad SMARTS) is 1. The van der Waals surface area contributed by atoms with Gasteiger partial charge in [0.25, 0.3) is 0 Å². The third-order valence-electron chi connectivity index (χ3n) is 7.71. The van der Waals surface area contributed by atoms with Gasteiger partial charge in [-0.25, -0.2) is 0 Å². The minimum absolute atomic E-state index is 0.196. The summed E-state index contributed by atoms with van der Waals surface area (Å²) >= 11 is 12.1. The van der Waals surface area contributed by atoms with Crippen LogP contribution < -0.4 is 4.74 Å². The van der Waals surface area contributed by atoms with Crippen molar-refractivity contribution in [3.05, 3.63) is 64.3 Å². The summed E-state index contributed by atoms with van der Waals surface area (Å²) < 4.78 is 6.13. The number of ether oxygens (including phenoxy) is 1. The van der Waals surface area contributed by atoms with Crippen molar-refractivity contribution in [3.8, 4) is 5.75 Å². The van der Waals surface area contributed by atoms with Crippen molar-refractivity contribution in [3.63, 3.8) is 0 Å². The summed E-state index contributed by atoms with van der Waals surface area (Å²) in [6, 6.07) is 13.0. The van der Waals surface area contributed by atoms with Gasteiger partial charge in [0.1, 0.15) is 17.9 Å². The van der Waals surface area contributed by atoms with E-state index in [1.54, 1.807) is 12.1 Å². The lowest BCUT2D eigenvalue weighted by Crippen LogP contribution is -2.48. The molecule has 8 heteroatoms. The first-order valence-electron chi connectivity index (χ1n) is 12.8. The Hall–Kier alpha value is -2.25. The topological polar surface area (TPSA) is 68.8 Å². The number of aliphatic carboxylic acids is 1. The Labute approximate surface area is 222 Å². The Morgan fingerprint density at radius 2 is 1.78 bits per heavy atom. The molecule has 0 spiro atoms. The van der Waals surface area contributed by atoms with Crippen LogP contribution in [0.25, 0.3) is 10.9 Å². The molecule has 6 nitrogen and oxygen atoms in total. The molecule has 0 amide bonds. The van der Waals surface area contributed by atoms with E-state index in [0.717, 1.165) is 80.6 Å². The molecule has 1 aromatic heterocycles. The third kappa shape index (κ3) is 6.00. The molecule has 3 heterocycles. The summed E-state index contributed by atoms with van der Waals surface area (Å²) in [7, 11) is 0. The van der Waals surface area contributed by atoms with Crippen LogP contribution >= 0.6 is 23.2 Å². The first-order valence-corrected chi connectivity index (χ1v) is 13.6. The minimum atomic E-state index is -0.734. The van der Waals surface area contributed by atoms with Crippen LogP contribution in [0.3, 0.4) is 0 Å². The average Bonchev–Trinajstić information content (AvgIpc) is 3.29. The van der Waals surface area contributed by atoms with Crippen molar-refractivity contribution in [2.45, 2.75) is 44.2 Å². The van der Waals surface area contributed by atoms with Crippen LogP contribution in [0.5, 0.6) is 5.75 Å². The number of benzene rings is 2. The van der Waals surface area contributed by atoms with Gasteiger partial charge in [0.05, 0.1) is 10.0 Å². The molecular formula is C28H33Cl2N3O3. The van der Waals surface area contributed by atoms with Crippen LogP contribution in [0.1, 0.15) is 31.2 Å². The van der Waals surface area contributed by atoms with Gasteiger partial charge < -0.3 is 19.7 Å². The Morgan fingerprint density at radius 1 is 1.03 bits per heavy atom. The van der Waals surface area contributed by atoms with Gasteiger partial charge in [-0.2, -0.15) is 0 Å². The number of para-hydroxylation sites is 1. The van der Waals surface area contributed by atoms with Gasteiger partial charge in [-0.15, -0.1) is 0 Å². The highest BCUT2D eigenvalue weighted by atomic mass is 35.5. The fourth-order valence-corrected chi connectivity index (χ4v) is 5.93. The zero-order valence-corrected chi connectivity index (χ0v) is 21.8. The molecule has 2 aromatic carbocycles. The van der Waals surface area contributed by atoms with Gasteiger partial charge >= 0.3 is 5.97 Å². The highest BCUT2D eigenvalue weighted by molar-refractivity contribution is 6.42. The minimum Gasteiger partial charge on any atom is -0.490 e. The molecule has 2 N–H and O–H groups in total. The number of piperidine rings is 2. The molecule has 3 aromatic rings. The van der Waals surface area contributed by atoms with Crippen molar-refractivity contribution in [2.24, 2.45) is 5.92 Å². The van der Waals surface area contributed by atoms with E-state index >= 15 is 0 Å². The molecule has 1 atom stereocenters. The van der Waals surface area contributed by atoms with E-state index in [9.17, 15) is 9.90 Å². The zero-order chi connectivity index (χ0) is 25.1. The number of nitrogens with zero attached hydrogens (tertiary/aromatic N) is 2. The lowest BCUT2D eigenvalue weighted by molar-refractivity contribution is -0.144. The summed E-state index contributed by atoms with van der Waals surface area (Å²) in [5.41, 5.74) is 2.13. The normalized spacial score (nSPS) is 19.5. The summed E-state index contributed by atoms with van der Waals surface area (Å²) in [6.07, 6.45) is 6.74. The standard InChI is InChI=1S/C28H33Cl2N3O3/c29-24-6-5-22(16-25(24)30)36-21-9-11-32(12-10-21)18-19-7-13-33(14-8-19)27(28(34)35)15-20-17-31-26-4-2-1-3-23(20)26/h1-6,16-17,19,21,27,31H,7-15,18H2,(H,34,35)/t27-/m0/s1. The Kier molecular flexibility index (Phi) is 8.06. The maximum absolute atomic E-state index is 12.2. The molecule has 2 saturated heterocycles. The fraction of sp³-hybridized carbons (Fsp3) is 0.464. The van der Waals surface area contributed by atoms with Crippen molar-refractivity contribution in [2.75, 3.05) is 32.7 Å². The number of hydrogen-bond acceptors (Lipinski definition) is 4. The largest absolute Gasteiger partial charge is 0.490 e. The number of carboxylic acids is 1. The molecule has 0 radical (unpaired) electrons. The highest BCUT2D eigenvalue weighted by Gasteiger charge is 2.31. The predicted molar refractivity (Wildman–Crippen MR) is 144 cm³/mol. The van der Waals surface area contributed by atoms with Crippen molar-refractivity contribution >= 4 is 40.1 Å². The molecule has 192 valence electrons. The maximum atomic E-state index is 12.2. The van der Waals surface area contributed by atoms with Gasteiger partial charge in [-0.3, -0.25) is 9.69 Å². The van der Waals surface area contributed by atoms with E-state index in [2.05, 4.69) is 20.9 Å². The SMILES string of the molecule is O=C(O)[C@H](Cc1c[nH]c2ccccc12)N1CCC(CN2CCC(Oc3ccc(Cl)c(Cl)c3)CC2)CC1. The van der Waals surface area contributed by atoms with E-state index < -0.39 is 12.0 Å². The van der Waals surface area contributed by atoms with Crippen molar-refractivity contribution in [1.29, 1.82) is 0 Å². The highest BCUT2D eigenvalue weighted by Crippen LogP contribution is 2.29. The van der Waals surface area contributed by atoms with Crippen LogP contribution in [0.2, 0.25) is 10.0 Å². The number of carbonyl (C=O) groups is 1. The molecule has 0 aliphatic carbocycles. The predicted octanol–water partition coefficient (Wildman–Crippen LogP) is 5.73. The third-order valence-corrected chi connectivity index (χ3v) is 8.45. The van der Waals surface area contributed by atoms with E-state index in [1.165, 1.54) is 0 Å². The van der Waals surface area contributed by atoms with E-state index in [0.29, 0.717) is 22.4 Å². The molecule has 5 rings (SSSR count). The second kappa shape index (κ2) is 11.4. The van der Waals surface area contributed by atoms with Crippen molar-refractivity contribution in [1.82, 2.24) is 14.8 Å².